The van der Waals surface area contributed by atoms with Crippen LogP contribution in [0.1, 0.15) is 65.6 Å². The van der Waals surface area contributed by atoms with E-state index in [0.29, 0.717) is 24.5 Å². The molecule has 2 aliphatic heterocycles. The Labute approximate surface area is 151 Å². The third-order valence-corrected chi connectivity index (χ3v) is 5.77. The minimum Gasteiger partial charge on any atom is -0.438 e. The molecule has 4 heterocycles. The minimum absolute atomic E-state index is 0.119. The monoisotopic (exact) mass is 357 g/mol. The van der Waals surface area contributed by atoms with Crippen molar-refractivity contribution >= 4 is 5.91 Å². The van der Waals surface area contributed by atoms with Crippen LogP contribution in [-0.2, 0) is 0 Å². The van der Waals surface area contributed by atoms with Crippen LogP contribution in [0.5, 0.6) is 0 Å². The molecule has 5 rings (SSSR count). The quantitative estimate of drug-likeness (QED) is 0.810. The molecule has 2 aromatic heterocycles. The van der Waals surface area contributed by atoms with Crippen LogP contribution in [0.3, 0.4) is 0 Å². The van der Waals surface area contributed by atoms with Crippen molar-refractivity contribution in [1.82, 2.24) is 24.9 Å². The number of nitrogens with zero attached hydrogens (tertiary/aromatic N) is 5. The molecule has 26 heavy (non-hydrogen) atoms. The molecule has 1 atom stereocenters. The average Bonchev–Trinajstić information content (AvgIpc) is 2.98. The Balaban J connectivity index is 1.21. The zero-order chi connectivity index (χ0) is 17.7. The number of amides is 1. The van der Waals surface area contributed by atoms with Crippen LogP contribution in [0.15, 0.2) is 15.3 Å². The van der Waals surface area contributed by atoms with Crippen molar-refractivity contribution in [3.8, 4) is 0 Å². The number of aryl methyl sites for hydroxylation is 1. The summed E-state index contributed by atoms with van der Waals surface area (Å²) < 4.78 is 10.8. The molecule has 1 aliphatic carbocycles. The van der Waals surface area contributed by atoms with Gasteiger partial charge in [-0.3, -0.25) is 9.69 Å². The zero-order valence-electron chi connectivity index (χ0n) is 14.9. The lowest BCUT2D eigenvalue weighted by molar-refractivity contribution is 0.0558. The van der Waals surface area contributed by atoms with Crippen LogP contribution in [0, 0.1) is 12.8 Å². The molecule has 2 aromatic rings. The number of oxazole rings is 1. The van der Waals surface area contributed by atoms with Crippen molar-refractivity contribution in [3.63, 3.8) is 0 Å². The van der Waals surface area contributed by atoms with Gasteiger partial charge in [-0.15, -0.1) is 0 Å². The first-order valence-corrected chi connectivity index (χ1v) is 9.46. The van der Waals surface area contributed by atoms with Crippen LogP contribution in [-0.4, -0.2) is 57.0 Å². The van der Waals surface area contributed by atoms with E-state index >= 15 is 0 Å². The Hall–Kier alpha value is -2.22. The molecule has 138 valence electrons. The van der Waals surface area contributed by atoms with Gasteiger partial charge in [0, 0.05) is 19.6 Å². The summed E-state index contributed by atoms with van der Waals surface area (Å²) in [5.74, 6) is 2.66. The van der Waals surface area contributed by atoms with E-state index in [4.69, 9.17) is 8.94 Å². The molecule has 3 aliphatic rings. The fraction of sp³-hybridized carbons (Fsp3) is 0.667. The lowest BCUT2D eigenvalue weighted by Gasteiger charge is -2.36. The maximum Gasteiger partial charge on any atom is 0.291 e. The number of likely N-dealkylation sites (tertiary alicyclic amines) is 2. The minimum atomic E-state index is -0.119. The van der Waals surface area contributed by atoms with Gasteiger partial charge in [-0.1, -0.05) is 5.16 Å². The normalized spacial score (nSPS) is 24.2. The lowest BCUT2D eigenvalue weighted by atomic mass is 9.99. The predicted octanol–water partition coefficient (Wildman–Crippen LogP) is 2.15. The first-order chi connectivity index (χ1) is 12.7. The third kappa shape index (κ3) is 2.82. The SMILES string of the molecule is Cc1ncoc1C(=O)N1CC(c2noc(C3CCCN3CC3CC3)n2)C1. The molecular formula is C18H23N5O3. The average molecular weight is 357 g/mol. The van der Waals surface area contributed by atoms with Crippen LogP contribution in [0.2, 0.25) is 0 Å². The Morgan fingerprint density at radius 2 is 2.15 bits per heavy atom. The highest BCUT2D eigenvalue weighted by atomic mass is 16.5. The Bertz CT molecular complexity index is 805. The van der Waals surface area contributed by atoms with Crippen LogP contribution in [0.4, 0.5) is 0 Å². The molecule has 0 aromatic carbocycles. The van der Waals surface area contributed by atoms with E-state index in [1.54, 1.807) is 11.8 Å². The van der Waals surface area contributed by atoms with Crippen LogP contribution >= 0.6 is 0 Å². The summed E-state index contributed by atoms with van der Waals surface area (Å²) in [6.07, 6.45) is 6.30. The van der Waals surface area contributed by atoms with Gasteiger partial charge >= 0.3 is 0 Å². The highest BCUT2D eigenvalue weighted by Crippen LogP contribution is 2.37. The van der Waals surface area contributed by atoms with Gasteiger partial charge in [-0.05, 0) is 45.1 Å². The fourth-order valence-corrected chi connectivity index (χ4v) is 3.96. The number of hydrogen-bond donors (Lipinski definition) is 0. The summed E-state index contributed by atoms with van der Waals surface area (Å²) in [4.78, 5) is 25.3. The number of aromatic nitrogens is 3. The van der Waals surface area contributed by atoms with Gasteiger partial charge in [0.15, 0.2) is 12.2 Å². The molecule has 1 saturated carbocycles. The van der Waals surface area contributed by atoms with Crippen molar-refractivity contribution in [1.29, 1.82) is 0 Å². The van der Waals surface area contributed by atoms with Gasteiger partial charge in [-0.2, -0.15) is 4.98 Å². The second-order valence-electron chi connectivity index (χ2n) is 7.76. The van der Waals surface area contributed by atoms with Crippen LogP contribution < -0.4 is 0 Å². The summed E-state index contributed by atoms with van der Waals surface area (Å²) in [6.45, 7) is 5.24. The first-order valence-electron chi connectivity index (χ1n) is 9.46. The Morgan fingerprint density at radius 1 is 1.31 bits per heavy atom. The first kappa shape index (κ1) is 16.0. The molecule has 1 amide bonds. The fourth-order valence-electron chi connectivity index (χ4n) is 3.96. The molecule has 0 radical (unpaired) electrons. The Kier molecular flexibility index (Phi) is 3.81. The van der Waals surface area contributed by atoms with Crippen molar-refractivity contribution < 1.29 is 13.7 Å². The second kappa shape index (κ2) is 6.19. The van der Waals surface area contributed by atoms with Crippen LogP contribution in [0.25, 0.3) is 0 Å². The molecule has 3 fully saturated rings. The molecule has 0 bridgehead atoms. The zero-order valence-corrected chi connectivity index (χ0v) is 14.9. The summed E-state index contributed by atoms with van der Waals surface area (Å²) in [7, 11) is 0. The van der Waals surface area contributed by atoms with Gasteiger partial charge in [0.05, 0.1) is 17.7 Å². The van der Waals surface area contributed by atoms with Gasteiger partial charge in [-0.25, -0.2) is 4.98 Å². The molecular weight excluding hydrogens is 334 g/mol. The number of rotatable bonds is 5. The topological polar surface area (TPSA) is 88.5 Å². The van der Waals surface area contributed by atoms with E-state index in [0.717, 1.165) is 37.1 Å². The van der Waals surface area contributed by atoms with E-state index in [-0.39, 0.29) is 17.9 Å². The number of carbonyl (C=O) groups is 1. The van der Waals surface area contributed by atoms with Crippen molar-refractivity contribution in [2.24, 2.45) is 5.92 Å². The van der Waals surface area contributed by atoms with E-state index in [2.05, 4.69) is 20.0 Å². The summed E-state index contributed by atoms with van der Waals surface area (Å²) in [6, 6.07) is 0.270. The Morgan fingerprint density at radius 3 is 2.88 bits per heavy atom. The lowest BCUT2D eigenvalue weighted by Crippen LogP contribution is -2.48. The maximum atomic E-state index is 12.4. The smallest absolute Gasteiger partial charge is 0.291 e. The van der Waals surface area contributed by atoms with Crippen molar-refractivity contribution in [3.05, 3.63) is 29.6 Å². The molecule has 0 N–H and O–H groups in total. The standard InChI is InChI=1S/C18H23N5O3/c1-11-15(25-10-19-11)18(24)23-8-13(9-23)16-20-17(26-21-16)14-3-2-6-22(14)7-12-4-5-12/h10,12-14H,2-9H2,1H3. The number of carbonyl (C=O) groups excluding carboxylic acids is 1. The van der Waals surface area contributed by atoms with Crippen molar-refractivity contribution in [2.45, 2.75) is 44.6 Å². The molecule has 2 saturated heterocycles. The molecule has 8 heteroatoms. The highest BCUT2D eigenvalue weighted by molar-refractivity contribution is 5.93. The number of hydrogen-bond acceptors (Lipinski definition) is 7. The van der Waals surface area contributed by atoms with E-state index in [1.165, 1.54) is 25.7 Å². The highest BCUT2D eigenvalue weighted by Gasteiger charge is 2.39. The molecule has 8 nitrogen and oxygen atoms in total. The molecule has 1 unspecified atom stereocenters. The van der Waals surface area contributed by atoms with E-state index < -0.39 is 0 Å². The maximum absolute atomic E-state index is 12.4. The summed E-state index contributed by atoms with van der Waals surface area (Å²) in [5, 5.41) is 4.20. The second-order valence-corrected chi connectivity index (χ2v) is 7.76. The summed E-state index contributed by atoms with van der Waals surface area (Å²) in [5.41, 5.74) is 0.622. The van der Waals surface area contributed by atoms with Crippen molar-refractivity contribution in [2.75, 3.05) is 26.2 Å². The predicted molar refractivity (Wildman–Crippen MR) is 90.5 cm³/mol. The van der Waals surface area contributed by atoms with Gasteiger partial charge in [0.25, 0.3) is 5.91 Å². The summed E-state index contributed by atoms with van der Waals surface area (Å²) >= 11 is 0. The third-order valence-electron chi connectivity index (χ3n) is 5.77. The van der Waals surface area contributed by atoms with Gasteiger partial charge in [0.1, 0.15) is 0 Å². The molecule has 0 spiro atoms. The van der Waals surface area contributed by atoms with E-state index in [9.17, 15) is 4.79 Å². The van der Waals surface area contributed by atoms with Gasteiger partial charge in [0.2, 0.25) is 11.7 Å². The largest absolute Gasteiger partial charge is 0.438 e. The van der Waals surface area contributed by atoms with E-state index in [1.807, 2.05) is 0 Å². The van der Waals surface area contributed by atoms with Gasteiger partial charge < -0.3 is 13.8 Å².